The van der Waals surface area contributed by atoms with Gasteiger partial charge in [0, 0.05) is 6.54 Å². The van der Waals surface area contributed by atoms with Crippen LogP contribution in [0.5, 0.6) is 0 Å². The summed E-state index contributed by atoms with van der Waals surface area (Å²) >= 11 is 0. The summed E-state index contributed by atoms with van der Waals surface area (Å²) in [5, 5.41) is 0. The number of ether oxygens (including phenoxy) is 1. The molecule has 2 aliphatic rings. The first kappa shape index (κ1) is 9.47. The van der Waals surface area contributed by atoms with Gasteiger partial charge in [-0.25, -0.2) is 0 Å². The average molecular weight is 183 g/mol. The summed E-state index contributed by atoms with van der Waals surface area (Å²) in [6, 6.07) is 0. The zero-order valence-electron chi connectivity index (χ0n) is 8.59. The highest BCUT2D eigenvalue weighted by Gasteiger charge is 2.47. The molecule has 1 saturated heterocycles. The lowest BCUT2D eigenvalue weighted by atomic mass is 9.86. The summed E-state index contributed by atoms with van der Waals surface area (Å²) in [7, 11) is 0. The molecule has 2 nitrogen and oxygen atoms in total. The molecule has 1 heterocycles. The molecule has 76 valence electrons. The third-order valence-electron chi connectivity index (χ3n) is 3.94. The Hall–Kier alpha value is -0.0800. The lowest BCUT2D eigenvalue weighted by Gasteiger charge is -2.30. The minimum atomic E-state index is 0.249. The van der Waals surface area contributed by atoms with Gasteiger partial charge >= 0.3 is 0 Å². The van der Waals surface area contributed by atoms with Crippen molar-refractivity contribution < 1.29 is 4.74 Å². The molecule has 13 heavy (non-hydrogen) atoms. The third-order valence-corrected chi connectivity index (χ3v) is 3.94. The van der Waals surface area contributed by atoms with Gasteiger partial charge in [0.05, 0.1) is 11.7 Å². The van der Waals surface area contributed by atoms with E-state index >= 15 is 0 Å². The van der Waals surface area contributed by atoms with Crippen LogP contribution in [0.4, 0.5) is 0 Å². The molecule has 0 aromatic carbocycles. The third kappa shape index (κ3) is 1.50. The average Bonchev–Trinajstić information content (AvgIpc) is 2.74. The highest BCUT2D eigenvalue weighted by atomic mass is 16.5. The fourth-order valence-corrected chi connectivity index (χ4v) is 3.20. The Morgan fingerprint density at radius 1 is 1.38 bits per heavy atom. The fraction of sp³-hybridized carbons (Fsp3) is 1.00. The smallest absolute Gasteiger partial charge is 0.0715 e. The second-order valence-corrected chi connectivity index (χ2v) is 4.58. The maximum atomic E-state index is 6.14. The molecule has 0 amide bonds. The molecule has 2 heteroatoms. The Labute approximate surface area is 80.8 Å². The Bertz CT molecular complexity index is 183. The van der Waals surface area contributed by atoms with E-state index in [4.69, 9.17) is 10.5 Å². The van der Waals surface area contributed by atoms with Gasteiger partial charge in [-0.15, -0.1) is 0 Å². The van der Waals surface area contributed by atoms with Gasteiger partial charge in [0.2, 0.25) is 0 Å². The molecule has 2 rings (SSSR count). The first-order chi connectivity index (χ1) is 6.30. The SMILES string of the molecule is CC[C@@H]1CCC[C@]12CC[C@H](CN)O2. The maximum Gasteiger partial charge on any atom is 0.0715 e. The van der Waals surface area contributed by atoms with Crippen molar-refractivity contribution in [3.8, 4) is 0 Å². The molecule has 1 aliphatic heterocycles. The van der Waals surface area contributed by atoms with E-state index in [0.717, 1.165) is 5.92 Å². The van der Waals surface area contributed by atoms with Crippen molar-refractivity contribution in [2.45, 2.75) is 57.2 Å². The van der Waals surface area contributed by atoms with E-state index in [9.17, 15) is 0 Å². The summed E-state index contributed by atoms with van der Waals surface area (Å²) in [6.07, 6.45) is 8.08. The Morgan fingerprint density at radius 3 is 2.85 bits per heavy atom. The molecule has 0 bridgehead atoms. The molecule has 0 unspecified atom stereocenters. The van der Waals surface area contributed by atoms with E-state index in [1.54, 1.807) is 0 Å². The van der Waals surface area contributed by atoms with Gasteiger partial charge < -0.3 is 10.5 Å². The molecule has 1 spiro atoms. The van der Waals surface area contributed by atoms with Crippen molar-refractivity contribution in [1.29, 1.82) is 0 Å². The highest BCUT2D eigenvalue weighted by molar-refractivity contribution is 4.98. The molecule has 3 atom stereocenters. The minimum Gasteiger partial charge on any atom is -0.370 e. The first-order valence-electron chi connectivity index (χ1n) is 5.68. The molecular weight excluding hydrogens is 162 g/mol. The molecule has 2 N–H and O–H groups in total. The van der Waals surface area contributed by atoms with Crippen LogP contribution in [0.25, 0.3) is 0 Å². The number of hydrogen-bond acceptors (Lipinski definition) is 2. The normalized spacial score (nSPS) is 44.8. The molecule has 1 aliphatic carbocycles. The van der Waals surface area contributed by atoms with Gasteiger partial charge in [-0.2, -0.15) is 0 Å². The topological polar surface area (TPSA) is 35.2 Å². The standard InChI is InChI=1S/C11H21NO/c1-2-9-4-3-6-11(9)7-5-10(8-12)13-11/h9-10H,2-8,12H2,1H3/t9-,10-,11+/m1/s1. The number of rotatable bonds is 2. The number of nitrogens with two attached hydrogens (primary N) is 1. The van der Waals surface area contributed by atoms with E-state index in [0.29, 0.717) is 12.6 Å². The van der Waals surface area contributed by atoms with Gasteiger partial charge in [-0.05, 0) is 31.6 Å². The van der Waals surface area contributed by atoms with E-state index in [-0.39, 0.29) is 5.60 Å². The molecule has 1 saturated carbocycles. The van der Waals surface area contributed by atoms with E-state index in [2.05, 4.69) is 6.92 Å². The monoisotopic (exact) mass is 183 g/mol. The van der Waals surface area contributed by atoms with Gasteiger partial charge in [-0.1, -0.05) is 19.8 Å². The Kier molecular flexibility index (Phi) is 2.61. The van der Waals surface area contributed by atoms with Crippen LogP contribution in [0.2, 0.25) is 0 Å². The second kappa shape index (κ2) is 3.58. The molecule has 0 aromatic heterocycles. The molecule has 2 fully saturated rings. The second-order valence-electron chi connectivity index (χ2n) is 4.58. The van der Waals surface area contributed by atoms with E-state index in [1.807, 2.05) is 0 Å². The minimum absolute atomic E-state index is 0.249. The predicted octanol–water partition coefficient (Wildman–Crippen LogP) is 2.07. The van der Waals surface area contributed by atoms with Crippen LogP contribution in [0.15, 0.2) is 0 Å². The van der Waals surface area contributed by atoms with E-state index in [1.165, 1.54) is 38.5 Å². The Balaban J connectivity index is 2.04. The summed E-state index contributed by atoms with van der Waals surface area (Å²) in [5.41, 5.74) is 5.90. The zero-order chi connectivity index (χ0) is 9.31. The van der Waals surface area contributed by atoms with Crippen LogP contribution in [-0.4, -0.2) is 18.2 Å². The van der Waals surface area contributed by atoms with Crippen molar-refractivity contribution >= 4 is 0 Å². The van der Waals surface area contributed by atoms with Crippen LogP contribution >= 0.6 is 0 Å². The summed E-state index contributed by atoms with van der Waals surface area (Å²) in [5.74, 6) is 0.809. The summed E-state index contributed by atoms with van der Waals surface area (Å²) in [4.78, 5) is 0. The summed E-state index contributed by atoms with van der Waals surface area (Å²) < 4.78 is 6.14. The van der Waals surface area contributed by atoms with Crippen LogP contribution in [0.3, 0.4) is 0 Å². The first-order valence-corrected chi connectivity index (χ1v) is 5.68. The van der Waals surface area contributed by atoms with Crippen molar-refractivity contribution in [1.82, 2.24) is 0 Å². The lowest BCUT2D eigenvalue weighted by molar-refractivity contribution is -0.0632. The lowest BCUT2D eigenvalue weighted by Crippen LogP contribution is -2.34. The Morgan fingerprint density at radius 2 is 2.23 bits per heavy atom. The van der Waals surface area contributed by atoms with Gasteiger partial charge in [0.15, 0.2) is 0 Å². The van der Waals surface area contributed by atoms with Crippen LogP contribution in [0.1, 0.15) is 45.4 Å². The van der Waals surface area contributed by atoms with Crippen molar-refractivity contribution in [2.75, 3.05) is 6.54 Å². The van der Waals surface area contributed by atoms with Crippen molar-refractivity contribution in [2.24, 2.45) is 11.7 Å². The zero-order valence-corrected chi connectivity index (χ0v) is 8.59. The molecule has 0 aromatic rings. The van der Waals surface area contributed by atoms with Crippen molar-refractivity contribution in [3.63, 3.8) is 0 Å². The van der Waals surface area contributed by atoms with Crippen LogP contribution < -0.4 is 5.73 Å². The van der Waals surface area contributed by atoms with E-state index < -0.39 is 0 Å². The summed E-state index contributed by atoms with van der Waals surface area (Å²) in [6.45, 7) is 3.00. The fourth-order valence-electron chi connectivity index (χ4n) is 3.20. The quantitative estimate of drug-likeness (QED) is 0.711. The molecular formula is C11H21NO. The van der Waals surface area contributed by atoms with Gasteiger partial charge in [0.1, 0.15) is 0 Å². The molecule has 0 radical (unpaired) electrons. The number of hydrogen-bond donors (Lipinski definition) is 1. The van der Waals surface area contributed by atoms with Gasteiger partial charge in [0.25, 0.3) is 0 Å². The van der Waals surface area contributed by atoms with Crippen LogP contribution in [0, 0.1) is 5.92 Å². The maximum absolute atomic E-state index is 6.14. The van der Waals surface area contributed by atoms with Crippen LogP contribution in [-0.2, 0) is 4.74 Å². The largest absolute Gasteiger partial charge is 0.370 e. The highest BCUT2D eigenvalue weighted by Crippen LogP contribution is 2.48. The van der Waals surface area contributed by atoms with Gasteiger partial charge in [-0.3, -0.25) is 0 Å². The van der Waals surface area contributed by atoms with Crippen molar-refractivity contribution in [3.05, 3.63) is 0 Å². The predicted molar refractivity (Wildman–Crippen MR) is 53.5 cm³/mol.